The minimum atomic E-state index is -0.977. The molecule has 3 heterocycles. The Morgan fingerprint density at radius 2 is 2.15 bits per heavy atom. The number of aldehydes is 1. The summed E-state index contributed by atoms with van der Waals surface area (Å²) in [7, 11) is 0. The second-order valence-corrected chi connectivity index (χ2v) is 6.74. The van der Waals surface area contributed by atoms with E-state index in [1.165, 1.54) is 0 Å². The van der Waals surface area contributed by atoms with Crippen LogP contribution in [0.1, 0.15) is 42.6 Å². The number of carbonyl (C=O) groups is 2. The number of halogens is 1. The highest BCUT2D eigenvalue weighted by Crippen LogP contribution is 2.38. The van der Waals surface area contributed by atoms with E-state index in [1.54, 1.807) is 25.3 Å². The number of fused-ring (bicyclic) bond motifs is 1. The van der Waals surface area contributed by atoms with Gasteiger partial charge in [-0.1, -0.05) is 18.5 Å². The van der Waals surface area contributed by atoms with Crippen LogP contribution in [0.2, 0.25) is 5.15 Å². The normalized spacial score (nSPS) is 12.3. The van der Waals surface area contributed by atoms with Gasteiger partial charge in [-0.15, -0.1) is 0 Å². The second kappa shape index (κ2) is 7.88. The molecule has 140 valence electrons. The molecule has 6 nitrogen and oxygen atoms in total. The van der Waals surface area contributed by atoms with Crippen molar-refractivity contribution in [2.45, 2.75) is 39.0 Å². The highest BCUT2D eigenvalue weighted by atomic mass is 35.5. The molecule has 3 rings (SSSR count). The van der Waals surface area contributed by atoms with Crippen LogP contribution in [0, 0.1) is 6.92 Å². The standard InChI is InChI=1S/C20H20ClN3O3/c1-3-14-6-7-16-19(13-8-9-22-17(21)11-13)18(12(2)23-24(14)16)15(20(26)27)5-4-10-25/h6-11,15H,3-5H2,1-2H3,(H,26,27). The summed E-state index contributed by atoms with van der Waals surface area (Å²) in [6.45, 7) is 3.84. The molecule has 0 radical (unpaired) electrons. The van der Waals surface area contributed by atoms with Crippen LogP contribution in [-0.2, 0) is 16.0 Å². The van der Waals surface area contributed by atoms with Crippen LogP contribution in [0.25, 0.3) is 16.6 Å². The van der Waals surface area contributed by atoms with Gasteiger partial charge in [0.15, 0.2) is 0 Å². The molecule has 3 aromatic rings. The molecule has 7 heteroatoms. The van der Waals surface area contributed by atoms with E-state index < -0.39 is 11.9 Å². The van der Waals surface area contributed by atoms with Crippen LogP contribution in [0.15, 0.2) is 30.5 Å². The smallest absolute Gasteiger partial charge is 0.311 e. The van der Waals surface area contributed by atoms with Crippen molar-refractivity contribution in [2.75, 3.05) is 0 Å². The fourth-order valence-electron chi connectivity index (χ4n) is 3.48. The van der Waals surface area contributed by atoms with Gasteiger partial charge in [-0.05, 0) is 55.2 Å². The van der Waals surface area contributed by atoms with Crippen molar-refractivity contribution in [3.05, 3.63) is 52.6 Å². The number of aliphatic carboxylic acids is 1. The van der Waals surface area contributed by atoms with E-state index in [0.717, 1.165) is 35.0 Å². The van der Waals surface area contributed by atoms with Crippen LogP contribution in [0.5, 0.6) is 0 Å². The Bertz CT molecular complexity index is 1010. The predicted octanol–water partition coefficient (Wildman–Crippen LogP) is 4.07. The van der Waals surface area contributed by atoms with E-state index in [2.05, 4.69) is 10.1 Å². The Hall–Kier alpha value is -2.73. The van der Waals surface area contributed by atoms with E-state index in [4.69, 9.17) is 11.6 Å². The molecule has 1 N–H and O–H groups in total. The van der Waals surface area contributed by atoms with Crippen LogP contribution >= 0.6 is 11.6 Å². The van der Waals surface area contributed by atoms with Crippen LogP contribution in [0.4, 0.5) is 0 Å². The molecule has 0 aliphatic rings. The summed E-state index contributed by atoms with van der Waals surface area (Å²) in [5, 5.41) is 14.8. The fourth-order valence-corrected chi connectivity index (χ4v) is 3.66. The fraction of sp³-hybridized carbons (Fsp3) is 0.300. The maximum atomic E-state index is 12.0. The molecule has 0 aliphatic heterocycles. The van der Waals surface area contributed by atoms with Gasteiger partial charge in [0.05, 0.1) is 17.1 Å². The zero-order valence-electron chi connectivity index (χ0n) is 15.1. The van der Waals surface area contributed by atoms with Gasteiger partial charge in [0.25, 0.3) is 0 Å². The number of aromatic nitrogens is 3. The van der Waals surface area contributed by atoms with Gasteiger partial charge in [-0.2, -0.15) is 5.10 Å². The van der Waals surface area contributed by atoms with Crippen molar-refractivity contribution in [1.82, 2.24) is 14.6 Å². The molecule has 0 bridgehead atoms. The largest absolute Gasteiger partial charge is 0.481 e. The first-order chi connectivity index (χ1) is 13.0. The van der Waals surface area contributed by atoms with Crippen LogP contribution < -0.4 is 0 Å². The highest BCUT2D eigenvalue weighted by molar-refractivity contribution is 6.29. The average Bonchev–Trinajstić information content (AvgIpc) is 3.04. The number of carboxylic acids is 1. The Kier molecular flexibility index (Phi) is 5.56. The minimum Gasteiger partial charge on any atom is -0.481 e. The third-order valence-electron chi connectivity index (χ3n) is 4.70. The van der Waals surface area contributed by atoms with E-state index >= 15 is 0 Å². The summed E-state index contributed by atoms with van der Waals surface area (Å²) in [4.78, 5) is 26.9. The lowest BCUT2D eigenvalue weighted by Crippen LogP contribution is -2.17. The lowest BCUT2D eigenvalue weighted by atomic mass is 9.87. The first kappa shape index (κ1) is 19.0. The summed E-state index contributed by atoms with van der Waals surface area (Å²) in [6, 6.07) is 7.45. The number of rotatable bonds is 7. The summed E-state index contributed by atoms with van der Waals surface area (Å²) in [5.74, 6) is -1.82. The lowest BCUT2D eigenvalue weighted by molar-refractivity contribution is -0.139. The molecule has 0 saturated heterocycles. The second-order valence-electron chi connectivity index (χ2n) is 6.35. The molecule has 0 aromatic carbocycles. The number of carbonyl (C=O) groups excluding carboxylic acids is 1. The van der Waals surface area contributed by atoms with E-state index in [1.807, 2.05) is 23.6 Å². The topological polar surface area (TPSA) is 84.6 Å². The quantitative estimate of drug-likeness (QED) is 0.489. The number of hydrogen-bond acceptors (Lipinski definition) is 4. The van der Waals surface area contributed by atoms with Crippen molar-refractivity contribution in [1.29, 1.82) is 0 Å². The number of carboxylic acid groups (broad SMARTS) is 1. The van der Waals surface area contributed by atoms with Gasteiger partial charge < -0.3 is 9.90 Å². The van der Waals surface area contributed by atoms with E-state index in [0.29, 0.717) is 16.4 Å². The monoisotopic (exact) mass is 385 g/mol. The molecule has 1 atom stereocenters. The summed E-state index contributed by atoms with van der Waals surface area (Å²) in [5.41, 5.74) is 4.62. The molecule has 0 saturated carbocycles. The van der Waals surface area contributed by atoms with Gasteiger partial charge in [0.2, 0.25) is 0 Å². The number of nitrogens with zero attached hydrogens (tertiary/aromatic N) is 3. The molecule has 0 fully saturated rings. The lowest BCUT2D eigenvalue weighted by Gasteiger charge is -2.20. The van der Waals surface area contributed by atoms with E-state index in [-0.39, 0.29) is 12.8 Å². The zero-order valence-corrected chi connectivity index (χ0v) is 15.9. The van der Waals surface area contributed by atoms with Crippen LogP contribution in [-0.4, -0.2) is 32.0 Å². The van der Waals surface area contributed by atoms with Crippen molar-refractivity contribution >= 4 is 29.4 Å². The van der Waals surface area contributed by atoms with Crippen LogP contribution in [0.3, 0.4) is 0 Å². The maximum absolute atomic E-state index is 12.0. The zero-order chi connectivity index (χ0) is 19.6. The minimum absolute atomic E-state index is 0.166. The van der Waals surface area contributed by atoms with Crippen molar-refractivity contribution in [3.8, 4) is 11.1 Å². The third kappa shape index (κ3) is 3.57. The highest BCUT2D eigenvalue weighted by Gasteiger charge is 2.28. The summed E-state index contributed by atoms with van der Waals surface area (Å²) in [6.07, 6.45) is 3.51. The molecule has 27 heavy (non-hydrogen) atoms. The maximum Gasteiger partial charge on any atom is 0.311 e. The summed E-state index contributed by atoms with van der Waals surface area (Å²) < 4.78 is 1.85. The summed E-state index contributed by atoms with van der Waals surface area (Å²) >= 11 is 6.10. The first-order valence-electron chi connectivity index (χ1n) is 8.77. The van der Waals surface area contributed by atoms with Gasteiger partial charge >= 0.3 is 5.97 Å². The van der Waals surface area contributed by atoms with Gasteiger partial charge in [-0.25, -0.2) is 9.50 Å². The molecule has 3 aromatic heterocycles. The molecule has 0 spiro atoms. The van der Waals surface area contributed by atoms with Gasteiger partial charge in [0, 0.05) is 23.9 Å². The molecular formula is C20H20ClN3O3. The Labute approximate surface area is 161 Å². The van der Waals surface area contributed by atoms with Crippen molar-refractivity contribution in [2.24, 2.45) is 0 Å². The van der Waals surface area contributed by atoms with Gasteiger partial charge in [-0.3, -0.25) is 4.79 Å². The van der Waals surface area contributed by atoms with Crippen molar-refractivity contribution in [3.63, 3.8) is 0 Å². The van der Waals surface area contributed by atoms with Crippen molar-refractivity contribution < 1.29 is 14.7 Å². The number of hydrogen-bond donors (Lipinski definition) is 1. The first-order valence-corrected chi connectivity index (χ1v) is 9.15. The molecule has 0 aliphatic carbocycles. The number of pyridine rings is 1. The SMILES string of the molecule is CCc1ccc2c(-c3ccnc(Cl)c3)c(C(CCC=O)C(=O)O)c(C)nn12. The van der Waals surface area contributed by atoms with Gasteiger partial charge in [0.1, 0.15) is 11.4 Å². The Morgan fingerprint density at radius 3 is 2.78 bits per heavy atom. The third-order valence-corrected chi connectivity index (χ3v) is 4.90. The predicted molar refractivity (Wildman–Crippen MR) is 103 cm³/mol. The Morgan fingerprint density at radius 1 is 1.37 bits per heavy atom. The molecular weight excluding hydrogens is 366 g/mol. The number of aryl methyl sites for hydroxylation is 2. The average molecular weight is 386 g/mol. The van der Waals surface area contributed by atoms with E-state index in [9.17, 15) is 14.7 Å². The Balaban J connectivity index is 2.37. The molecule has 1 unspecified atom stereocenters. The molecule has 0 amide bonds.